The van der Waals surface area contributed by atoms with Gasteiger partial charge in [0.1, 0.15) is 6.33 Å². The van der Waals surface area contributed by atoms with Crippen LogP contribution in [0.25, 0.3) is 10.2 Å². The number of anilines is 1. The highest BCUT2D eigenvalue weighted by Gasteiger charge is 2.08. The number of hydrogen-bond acceptors (Lipinski definition) is 6. The third kappa shape index (κ3) is 2.50. The van der Waals surface area contributed by atoms with Crippen LogP contribution in [-0.2, 0) is 6.42 Å². The van der Waals surface area contributed by atoms with Gasteiger partial charge in [-0.05, 0) is 23.4 Å². The molecule has 3 heterocycles. The smallest absolute Gasteiger partial charge is 0.167 e. The molecule has 0 fully saturated rings. The molecule has 0 amide bonds. The maximum atomic E-state index is 4.34. The fourth-order valence-electron chi connectivity index (χ4n) is 1.85. The lowest BCUT2D eigenvalue weighted by molar-refractivity contribution is 1.14. The van der Waals surface area contributed by atoms with Crippen LogP contribution in [0.5, 0.6) is 0 Å². The summed E-state index contributed by atoms with van der Waals surface area (Å²) in [6.07, 6.45) is 7.73. The van der Waals surface area contributed by atoms with Crippen LogP contribution < -0.4 is 5.43 Å². The van der Waals surface area contributed by atoms with Gasteiger partial charge >= 0.3 is 0 Å². The average Bonchev–Trinajstić information content (AvgIpc) is 2.92. The Labute approximate surface area is 120 Å². The van der Waals surface area contributed by atoms with E-state index in [9.17, 15) is 0 Å². The molecule has 3 aromatic rings. The molecule has 6 heteroatoms. The molecule has 3 aromatic heterocycles. The number of pyridine rings is 1. The molecule has 0 aliphatic carbocycles. The van der Waals surface area contributed by atoms with E-state index in [2.05, 4.69) is 37.8 Å². The Morgan fingerprint density at radius 2 is 2.35 bits per heavy atom. The van der Waals surface area contributed by atoms with E-state index in [0.29, 0.717) is 0 Å². The molecule has 0 atom stereocenters. The first-order chi connectivity index (χ1) is 9.88. The predicted molar refractivity (Wildman–Crippen MR) is 82.2 cm³/mol. The van der Waals surface area contributed by atoms with Crippen LogP contribution >= 0.6 is 11.3 Å². The maximum Gasteiger partial charge on any atom is 0.167 e. The topological polar surface area (TPSA) is 63.1 Å². The van der Waals surface area contributed by atoms with Crippen molar-refractivity contribution < 1.29 is 0 Å². The second kappa shape index (κ2) is 5.75. The van der Waals surface area contributed by atoms with Crippen LogP contribution in [0.4, 0.5) is 5.82 Å². The number of thiophene rings is 1. The van der Waals surface area contributed by atoms with Gasteiger partial charge in [0.2, 0.25) is 0 Å². The van der Waals surface area contributed by atoms with Crippen molar-refractivity contribution in [2.45, 2.75) is 13.3 Å². The van der Waals surface area contributed by atoms with Gasteiger partial charge < -0.3 is 0 Å². The molecule has 1 N–H and O–H groups in total. The van der Waals surface area contributed by atoms with E-state index in [1.54, 1.807) is 36.3 Å². The largest absolute Gasteiger partial charge is 0.264 e. The molecule has 0 aliphatic heterocycles. The van der Waals surface area contributed by atoms with E-state index in [1.165, 1.54) is 5.56 Å². The molecule has 0 aromatic carbocycles. The fraction of sp³-hybridized carbons (Fsp3) is 0.143. The summed E-state index contributed by atoms with van der Waals surface area (Å²) in [4.78, 5) is 12.6. The molecule has 100 valence electrons. The zero-order valence-electron chi connectivity index (χ0n) is 10.9. The maximum absolute atomic E-state index is 4.34. The number of hydrazone groups is 1. The summed E-state index contributed by atoms with van der Waals surface area (Å²) in [6, 6.07) is 3.81. The summed E-state index contributed by atoms with van der Waals surface area (Å²) >= 11 is 1.64. The van der Waals surface area contributed by atoms with Crippen molar-refractivity contribution in [3.05, 3.63) is 47.4 Å². The van der Waals surface area contributed by atoms with Crippen molar-refractivity contribution in [2.24, 2.45) is 5.10 Å². The summed E-state index contributed by atoms with van der Waals surface area (Å²) in [5.41, 5.74) is 6.16. The van der Waals surface area contributed by atoms with Crippen molar-refractivity contribution in [1.29, 1.82) is 0 Å². The number of fused-ring (bicyclic) bond motifs is 1. The first kappa shape index (κ1) is 12.7. The number of hydrogen-bond donors (Lipinski definition) is 1. The summed E-state index contributed by atoms with van der Waals surface area (Å²) < 4.78 is 1.03. The molecule has 0 aliphatic rings. The zero-order chi connectivity index (χ0) is 13.8. The Morgan fingerprint density at radius 3 is 3.15 bits per heavy atom. The van der Waals surface area contributed by atoms with E-state index in [1.807, 2.05) is 12.1 Å². The van der Waals surface area contributed by atoms with E-state index >= 15 is 0 Å². The highest BCUT2D eigenvalue weighted by atomic mass is 32.1. The van der Waals surface area contributed by atoms with Gasteiger partial charge in [-0.1, -0.05) is 13.0 Å². The Hall–Kier alpha value is -2.34. The van der Waals surface area contributed by atoms with Gasteiger partial charge in [-0.15, -0.1) is 11.3 Å². The van der Waals surface area contributed by atoms with Crippen molar-refractivity contribution >= 4 is 33.6 Å². The van der Waals surface area contributed by atoms with Gasteiger partial charge in [0, 0.05) is 18.0 Å². The van der Waals surface area contributed by atoms with Gasteiger partial charge in [-0.25, -0.2) is 9.97 Å². The molecular formula is C14H13N5S. The van der Waals surface area contributed by atoms with Gasteiger partial charge in [0.05, 0.1) is 16.4 Å². The van der Waals surface area contributed by atoms with Crippen LogP contribution in [-0.4, -0.2) is 21.2 Å². The number of aryl methyl sites for hydroxylation is 1. The van der Waals surface area contributed by atoms with E-state index in [4.69, 9.17) is 0 Å². The second-order valence-electron chi connectivity index (χ2n) is 4.17. The predicted octanol–water partition coefficient (Wildman–Crippen LogP) is 3.09. The fourth-order valence-corrected chi connectivity index (χ4v) is 2.89. The molecule has 20 heavy (non-hydrogen) atoms. The molecule has 5 nitrogen and oxygen atoms in total. The van der Waals surface area contributed by atoms with Crippen molar-refractivity contribution in [3.63, 3.8) is 0 Å². The lowest BCUT2D eigenvalue weighted by atomic mass is 10.2. The third-order valence-corrected chi connectivity index (χ3v) is 3.90. The van der Waals surface area contributed by atoms with Crippen LogP contribution in [0.2, 0.25) is 0 Å². The minimum atomic E-state index is 0.736. The molecule has 0 unspecified atom stereocenters. The quantitative estimate of drug-likeness (QED) is 0.590. The van der Waals surface area contributed by atoms with Crippen LogP contribution in [0.1, 0.15) is 18.1 Å². The van der Waals surface area contributed by atoms with E-state index < -0.39 is 0 Å². The SMILES string of the molecule is CCc1csc2c(N/N=C/c3cccnc3)ncnc12. The van der Waals surface area contributed by atoms with E-state index in [-0.39, 0.29) is 0 Å². The third-order valence-electron chi connectivity index (χ3n) is 2.88. The lowest BCUT2D eigenvalue weighted by Crippen LogP contribution is -1.95. The molecule has 0 saturated carbocycles. The minimum Gasteiger partial charge on any atom is -0.264 e. The monoisotopic (exact) mass is 283 g/mol. The lowest BCUT2D eigenvalue weighted by Gasteiger charge is -2.00. The highest BCUT2D eigenvalue weighted by molar-refractivity contribution is 7.18. The zero-order valence-corrected chi connectivity index (χ0v) is 11.8. The molecule has 0 saturated heterocycles. The van der Waals surface area contributed by atoms with Crippen LogP contribution in [0.3, 0.4) is 0 Å². The van der Waals surface area contributed by atoms with Gasteiger partial charge in [0.15, 0.2) is 5.82 Å². The Bertz CT molecular complexity index is 736. The Kier molecular flexibility index (Phi) is 3.64. The van der Waals surface area contributed by atoms with Crippen molar-refractivity contribution in [2.75, 3.05) is 5.43 Å². The number of nitrogens with zero attached hydrogens (tertiary/aromatic N) is 4. The summed E-state index contributed by atoms with van der Waals surface area (Å²) in [5, 5.41) is 6.32. The Morgan fingerprint density at radius 1 is 1.40 bits per heavy atom. The molecular weight excluding hydrogens is 270 g/mol. The summed E-state index contributed by atoms with van der Waals surface area (Å²) in [5.74, 6) is 0.736. The molecule has 0 bridgehead atoms. The van der Waals surface area contributed by atoms with E-state index in [0.717, 1.165) is 28.0 Å². The summed E-state index contributed by atoms with van der Waals surface area (Å²) in [6.45, 7) is 2.12. The van der Waals surface area contributed by atoms with Crippen molar-refractivity contribution in [1.82, 2.24) is 15.0 Å². The van der Waals surface area contributed by atoms with Crippen LogP contribution in [0, 0.1) is 0 Å². The van der Waals surface area contributed by atoms with Gasteiger partial charge in [-0.2, -0.15) is 5.10 Å². The average molecular weight is 283 g/mol. The normalized spacial score (nSPS) is 11.2. The van der Waals surface area contributed by atoms with Crippen molar-refractivity contribution in [3.8, 4) is 0 Å². The van der Waals surface area contributed by atoms with Gasteiger partial charge in [-0.3, -0.25) is 10.4 Å². The standard InChI is InChI=1S/C14H13N5S/c1-2-11-8-20-13-12(11)16-9-17-14(13)19-18-7-10-4-3-5-15-6-10/h3-9H,2H2,1H3,(H,16,17,19)/b18-7+. The second-order valence-corrected chi connectivity index (χ2v) is 5.05. The summed E-state index contributed by atoms with van der Waals surface area (Å²) in [7, 11) is 0. The first-order valence-corrected chi connectivity index (χ1v) is 7.16. The first-order valence-electron chi connectivity index (χ1n) is 6.28. The minimum absolute atomic E-state index is 0.736. The molecule has 0 spiro atoms. The number of nitrogens with one attached hydrogen (secondary N) is 1. The highest BCUT2D eigenvalue weighted by Crippen LogP contribution is 2.29. The van der Waals surface area contributed by atoms with Gasteiger partial charge in [0.25, 0.3) is 0 Å². The molecule has 0 radical (unpaired) electrons. The number of aromatic nitrogens is 3. The Balaban J connectivity index is 1.84. The van der Waals surface area contributed by atoms with Crippen LogP contribution in [0.15, 0.2) is 41.3 Å². The molecule has 3 rings (SSSR count). The number of rotatable bonds is 4.